The number of carbonyl (C=O) groups excluding carboxylic acids is 1. The van der Waals surface area contributed by atoms with E-state index in [-0.39, 0.29) is 12.5 Å². The van der Waals surface area contributed by atoms with Crippen LogP contribution in [-0.4, -0.2) is 28.1 Å². The molecule has 1 aromatic heterocycles. The number of benzene rings is 1. The summed E-state index contributed by atoms with van der Waals surface area (Å²) < 4.78 is 0. The predicted molar refractivity (Wildman–Crippen MR) is 79.6 cm³/mol. The Balaban J connectivity index is 2.20. The van der Waals surface area contributed by atoms with E-state index in [9.17, 15) is 9.90 Å². The lowest BCUT2D eigenvalue weighted by atomic mass is 9.97. The minimum atomic E-state index is -0.840. The minimum absolute atomic E-state index is 0.199. The number of fused-ring (bicyclic) bond motifs is 1. The van der Waals surface area contributed by atoms with Crippen LogP contribution in [0.25, 0.3) is 10.9 Å². The van der Waals surface area contributed by atoms with Crippen LogP contribution < -0.4 is 5.32 Å². The van der Waals surface area contributed by atoms with Gasteiger partial charge < -0.3 is 10.4 Å². The zero-order valence-corrected chi connectivity index (χ0v) is 11.9. The third-order valence-electron chi connectivity index (χ3n) is 3.77. The lowest BCUT2D eigenvalue weighted by Crippen LogP contribution is -2.42. The van der Waals surface area contributed by atoms with Crippen molar-refractivity contribution in [3.63, 3.8) is 0 Å². The smallest absolute Gasteiger partial charge is 0.253 e. The zero-order valence-electron chi connectivity index (χ0n) is 11.9. The standard InChI is InChI=1S/C16H20N2O2/c1-3-16(20,4-2)11-18-15(19)13-9-5-7-12-8-6-10-17-14(12)13/h5-10,20H,3-4,11H2,1-2H3,(H,18,19). The first-order chi connectivity index (χ1) is 9.59. The number of hydrogen-bond donors (Lipinski definition) is 2. The molecule has 1 aromatic carbocycles. The van der Waals surface area contributed by atoms with Crippen molar-refractivity contribution in [3.8, 4) is 0 Å². The Morgan fingerprint density at radius 2 is 1.95 bits per heavy atom. The Morgan fingerprint density at radius 3 is 2.65 bits per heavy atom. The van der Waals surface area contributed by atoms with Gasteiger partial charge in [0.2, 0.25) is 0 Å². The van der Waals surface area contributed by atoms with Gasteiger partial charge in [-0.2, -0.15) is 0 Å². The molecule has 0 radical (unpaired) electrons. The van der Waals surface area contributed by atoms with E-state index in [4.69, 9.17) is 0 Å². The summed E-state index contributed by atoms with van der Waals surface area (Å²) in [6.07, 6.45) is 2.89. The number of hydrogen-bond acceptors (Lipinski definition) is 3. The highest BCUT2D eigenvalue weighted by atomic mass is 16.3. The predicted octanol–water partition coefficient (Wildman–Crippen LogP) is 2.52. The molecule has 4 heteroatoms. The molecule has 106 valence electrons. The van der Waals surface area contributed by atoms with Crippen molar-refractivity contribution in [2.45, 2.75) is 32.3 Å². The molecule has 0 aliphatic heterocycles. The second kappa shape index (κ2) is 6.01. The number of nitrogens with zero attached hydrogens (tertiary/aromatic N) is 1. The van der Waals surface area contributed by atoms with Gasteiger partial charge in [0.15, 0.2) is 0 Å². The normalized spacial score (nSPS) is 11.6. The van der Waals surface area contributed by atoms with Crippen molar-refractivity contribution in [2.24, 2.45) is 0 Å². The second-order valence-corrected chi connectivity index (χ2v) is 4.99. The van der Waals surface area contributed by atoms with E-state index in [0.717, 1.165) is 5.39 Å². The van der Waals surface area contributed by atoms with Crippen molar-refractivity contribution in [2.75, 3.05) is 6.54 Å². The summed E-state index contributed by atoms with van der Waals surface area (Å²) in [7, 11) is 0. The number of nitrogens with one attached hydrogen (secondary N) is 1. The van der Waals surface area contributed by atoms with Crippen LogP contribution in [0.4, 0.5) is 0 Å². The molecule has 0 fully saturated rings. The molecule has 0 bridgehead atoms. The van der Waals surface area contributed by atoms with E-state index in [1.54, 1.807) is 12.3 Å². The molecular weight excluding hydrogens is 252 g/mol. The fourth-order valence-electron chi connectivity index (χ4n) is 2.13. The summed E-state index contributed by atoms with van der Waals surface area (Å²) in [5.74, 6) is -0.199. The lowest BCUT2D eigenvalue weighted by Gasteiger charge is -2.25. The monoisotopic (exact) mass is 272 g/mol. The summed E-state index contributed by atoms with van der Waals surface area (Å²) in [6, 6.07) is 9.28. The molecule has 2 rings (SSSR count). The average molecular weight is 272 g/mol. The first-order valence-corrected chi connectivity index (χ1v) is 6.94. The summed E-state index contributed by atoms with van der Waals surface area (Å²) >= 11 is 0. The molecule has 0 spiro atoms. The highest BCUT2D eigenvalue weighted by Gasteiger charge is 2.23. The van der Waals surface area contributed by atoms with Crippen molar-refractivity contribution in [1.29, 1.82) is 0 Å². The number of aliphatic hydroxyl groups is 1. The van der Waals surface area contributed by atoms with Gasteiger partial charge in [-0.05, 0) is 25.0 Å². The van der Waals surface area contributed by atoms with E-state index >= 15 is 0 Å². The maximum Gasteiger partial charge on any atom is 0.253 e. The van der Waals surface area contributed by atoms with Crippen molar-refractivity contribution < 1.29 is 9.90 Å². The van der Waals surface area contributed by atoms with Gasteiger partial charge in [0.25, 0.3) is 5.91 Å². The third kappa shape index (κ3) is 2.96. The molecular formula is C16H20N2O2. The first kappa shape index (κ1) is 14.5. The van der Waals surface area contributed by atoms with Gasteiger partial charge in [-0.3, -0.25) is 9.78 Å². The number of pyridine rings is 1. The summed E-state index contributed by atoms with van der Waals surface area (Å²) in [5.41, 5.74) is 0.384. The summed E-state index contributed by atoms with van der Waals surface area (Å²) in [4.78, 5) is 16.5. The Morgan fingerprint density at radius 1 is 1.25 bits per heavy atom. The van der Waals surface area contributed by atoms with Gasteiger partial charge in [-0.25, -0.2) is 0 Å². The van der Waals surface area contributed by atoms with Crippen LogP contribution in [0.15, 0.2) is 36.5 Å². The highest BCUT2D eigenvalue weighted by Crippen LogP contribution is 2.17. The van der Waals surface area contributed by atoms with Crippen LogP contribution in [0.3, 0.4) is 0 Å². The molecule has 20 heavy (non-hydrogen) atoms. The van der Waals surface area contributed by atoms with Gasteiger partial charge in [-0.1, -0.05) is 32.0 Å². The molecule has 2 N–H and O–H groups in total. The van der Waals surface area contributed by atoms with Crippen LogP contribution in [0.5, 0.6) is 0 Å². The zero-order chi connectivity index (χ0) is 14.6. The van der Waals surface area contributed by atoms with Crippen LogP contribution in [0.1, 0.15) is 37.0 Å². The first-order valence-electron chi connectivity index (χ1n) is 6.94. The summed E-state index contributed by atoms with van der Waals surface area (Å²) in [6.45, 7) is 4.08. The molecule has 1 amide bonds. The fraction of sp³-hybridized carbons (Fsp3) is 0.375. The molecule has 0 aliphatic rings. The van der Waals surface area contributed by atoms with Crippen LogP contribution in [0.2, 0.25) is 0 Å². The van der Waals surface area contributed by atoms with Gasteiger partial charge in [0, 0.05) is 18.1 Å². The number of rotatable bonds is 5. The van der Waals surface area contributed by atoms with Crippen LogP contribution in [0, 0.1) is 0 Å². The Bertz CT molecular complexity index is 601. The average Bonchev–Trinajstić information content (AvgIpc) is 2.51. The topological polar surface area (TPSA) is 62.2 Å². The third-order valence-corrected chi connectivity index (χ3v) is 3.77. The van der Waals surface area contributed by atoms with E-state index in [1.807, 2.05) is 38.1 Å². The fourth-order valence-corrected chi connectivity index (χ4v) is 2.13. The van der Waals surface area contributed by atoms with Crippen molar-refractivity contribution in [1.82, 2.24) is 10.3 Å². The van der Waals surface area contributed by atoms with Crippen LogP contribution in [-0.2, 0) is 0 Å². The van der Waals surface area contributed by atoms with E-state index in [2.05, 4.69) is 10.3 Å². The molecule has 0 atom stereocenters. The minimum Gasteiger partial charge on any atom is -0.388 e. The number of para-hydroxylation sites is 1. The Hall–Kier alpha value is -1.94. The number of aromatic nitrogens is 1. The summed E-state index contributed by atoms with van der Waals surface area (Å²) in [5, 5.41) is 13.9. The van der Waals surface area contributed by atoms with Gasteiger partial charge in [0.05, 0.1) is 16.7 Å². The molecule has 2 aromatic rings. The van der Waals surface area contributed by atoms with Crippen LogP contribution >= 0.6 is 0 Å². The largest absolute Gasteiger partial charge is 0.388 e. The van der Waals surface area contributed by atoms with E-state index in [1.165, 1.54) is 0 Å². The molecule has 1 heterocycles. The molecule has 0 unspecified atom stereocenters. The highest BCUT2D eigenvalue weighted by molar-refractivity contribution is 6.05. The Labute approximate surface area is 118 Å². The molecule has 0 saturated heterocycles. The quantitative estimate of drug-likeness (QED) is 0.879. The lowest BCUT2D eigenvalue weighted by molar-refractivity contribution is 0.0314. The molecule has 0 aliphatic carbocycles. The number of amides is 1. The van der Waals surface area contributed by atoms with Crippen molar-refractivity contribution in [3.05, 3.63) is 42.1 Å². The maximum atomic E-state index is 12.3. The van der Waals surface area contributed by atoms with Gasteiger partial charge in [0.1, 0.15) is 0 Å². The van der Waals surface area contributed by atoms with E-state index in [0.29, 0.717) is 23.9 Å². The second-order valence-electron chi connectivity index (χ2n) is 4.99. The number of carbonyl (C=O) groups is 1. The van der Waals surface area contributed by atoms with Gasteiger partial charge in [-0.15, -0.1) is 0 Å². The van der Waals surface area contributed by atoms with Gasteiger partial charge >= 0.3 is 0 Å². The van der Waals surface area contributed by atoms with Crippen molar-refractivity contribution >= 4 is 16.8 Å². The van der Waals surface area contributed by atoms with E-state index < -0.39 is 5.60 Å². The molecule has 0 saturated carbocycles. The molecule has 4 nitrogen and oxygen atoms in total. The SMILES string of the molecule is CCC(O)(CC)CNC(=O)c1cccc2cccnc12. The Kier molecular flexibility index (Phi) is 4.35. The maximum absolute atomic E-state index is 12.3.